The van der Waals surface area contributed by atoms with E-state index in [-0.39, 0.29) is 0 Å². The zero-order chi connectivity index (χ0) is 10.4. The molecule has 1 aromatic rings. The molecule has 0 saturated heterocycles. The monoisotopic (exact) mass is 190 g/mol. The summed E-state index contributed by atoms with van der Waals surface area (Å²) in [5.41, 5.74) is 2.66. The van der Waals surface area contributed by atoms with Gasteiger partial charge in [-0.1, -0.05) is 35.4 Å². The summed E-state index contributed by atoms with van der Waals surface area (Å²) in [7, 11) is 0. The Morgan fingerprint density at radius 1 is 0.857 bits per heavy atom. The van der Waals surface area contributed by atoms with Crippen molar-refractivity contribution in [3.05, 3.63) is 35.4 Å². The van der Waals surface area contributed by atoms with Crippen LogP contribution in [0.25, 0.3) is 0 Å². The Hall–Kier alpha value is -1.11. The fraction of sp³-hybridized carbons (Fsp3) is 0.462. The molecule has 1 nitrogen and oxygen atoms in total. The molecule has 0 aliphatic heterocycles. The second kappa shape index (κ2) is 5.58. The van der Waals surface area contributed by atoms with Crippen molar-refractivity contribution < 1.29 is 4.79 Å². The van der Waals surface area contributed by atoms with Gasteiger partial charge in [-0.25, -0.2) is 0 Å². The van der Waals surface area contributed by atoms with Gasteiger partial charge in [0.05, 0.1) is 0 Å². The molecule has 1 saturated carbocycles. The van der Waals surface area contributed by atoms with Gasteiger partial charge in [-0.3, -0.25) is 4.79 Å². The number of carbonyl (C=O) groups excluding carboxylic acids is 1. The minimum atomic E-state index is 0.454. The second-order valence-electron chi connectivity index (χ2n) is 3.90. The summed E-state index contributed by atoms with van der Waals surface area (Å²) in [5, 5.41) is 0. The van der Waals surface area contributed by atoms with E-state index in [2.05, 4.69) is 38.1 Å². The molecule has 0 N–H and O–H groups in total. The Labute approximate surface area is 86.1 Å². The molecule has 1 fully saturated rings. The number of aryl methyl sites for hydroxylation is 2. The number of benzene rings is 1. The first kappa shape index (κ1) is 11.0. The highest BCUT2D eigenvalue weighted by atomic mass is 16.1. The van der Waals surface area contributed by atoms with Crippen molar-refractivity contribution in [2.75, 3.05) is 0 Å². The number of Topliss-reactive ketones (excluding diaryl/α,β-unsaturated/α-hetero) is 1. The topological polar surface area (TPSA) is 17.1 Å². The van der Waals surface area contributed by atoms with Crippen molar-refractivity contribution >= 4 is 5.78 Å². The molecule has 0 spiro atoms. The average Bonchev–Trinajstić information content (AvgIpc) is 2.63. The third-order valence-corrected chi connectivity index (χ3v) is 2.38. The molecule has 0 aromatic heterocycles. The summed E-state index contributed by atoms with van der Waals surface area (Å²) < 4.78 is 0. The van der Waals surface area contributed by atoms with Gasteiger partial charge in [0.2, 0.25) is 0 Å². The van der Waals surface area contributed by atoms with Gasteiger partial charge in [-0.2, -0.15) is 0 Å². The molecule has 0 amide bonds. The summed E-state index contributed by atoms with van der Waals surface area (Å²) in [6.45, 7) is 4.19. The maximum atomic E-state index is 10.2. The van der Waals surface area contributed by atoms with E-state index in [0.717, 1.165) is 25.7 Å². The normalized spacial score (nSPS) is 14.9. The summed E-state index contributed by atoms with van der Waals surface area (Å²) in [4.78, 5) is 10.2. The molecule has 76 valence electrons. The maximum absolute atomic E-state index is 10.2. The molecule has 0 radical (unpaired) electrons. The van der Waals surface area contributed by atoms with Crippen LogP contribution in [0.1, 0.15) is 36.8 Å². The largest absolute Gasteiger partial charge is 0.300 e. The van der Waals surface area contributed by atoms with Gasteiger partial charge in [-0.05, 0) is 26.7 Å². The first-order valence-corrected chi connectivity index (χ1v) is 5.23. The number of hydrogen-bond acceptors (Lipinski definition) is 1. The van der Waals surface area contributed by atoms with Crippen molar-refractivity contribution in [1.29, 1.82) is 0 Å². The van der Waals surface area contributed by atoms with Crippen molar-refractivity contribution in [3.63, 3.8) is 0 Å². The van der Waals surface area contributed by atoms with Gasteiger partial charge in [0.25, 0.3) is 0 Å². The molecule has 0 heterocycles. The molecule has 2 rings (SSSR count). The van der Waals surface area contributed by atoms with Gasteiger partial charge in [0.1, 0.15) is 5.78 Å². The highest BCUT2D eigenvalue weighted by Gasteiger charge is 2.07. The molecular formula is C13H18O. The third-order valence-electron chi connectivity index (χ3n) is 2.38. The number of carbonyl (C=O) groups is 1. The Bertz CT molecular complexity index is 256. The van der Waals surface area contributed by atoms with Crippen LogP contribution in [-0.2, 0) is 4.79 Å². The molecule has 1 aliphatic carbocycles. The standard InChI is InChI=1S/C8H10.C5H8O/c1-7-3-5-8(2)6-4-7;6-5-3-1-2-4-5/h3-6H,1-2H3;1-4H2. The van der Waals surface area contributed by atoms with Crippen LogP contribution in [0.4, 0.5) is 0 Å². The molecule has 1 aromatic carbocycles. The summed E-state index contributed by atoms with van der Waals surface area (Å²) in [6, 6.07) is 8.48. The van der Waals surface area contributed by atoms with E-state index >= 15 is 0 Å². The quantitative estimate of drug-likeness (QED) is 0.612. The minimum Gasteiger partial charge on any atom is -0.300 e. The third kappa shape index (κ3) is 4.22. The van der Waals surface area contributed by atoms with Crippen molar-refractivity contribution in [3.8, 4) is 0 Å². The van der Waals surface area contributed by atoms with Gasteiger partial charge in [0.15, 0.2) is 0 Å². The smallest absolute Gasteiger partial charge is 0.132 e. The average molecular weight is 190 g/mol. The van der Waals surface area contributed by atoms with Gasteiger partial charge in [-0.15, -0.1) is 0 Å². The summed E-state index contributed by atoms with van der Waals surface area (Å²) in [6.07, 6.45) is 3.97. The lowest BCUT2D eigenvalue weighted by molar-refractivity contribution is -0.117. The van der Waals surface area contributed by atoms with E-state index in [1.165, 1.54) is 11.1 Å². The lowest BCUT2D eigenvalue weighted by atomic mass is 10.2. The highest BCUT2D eigenvalue weighted by molar-refractivity contribution is 5.80. The minimum absolute atomic E-state index is 0.454. The van der Waals surface area contributed by atoms with E-state index in [1.54, 1.807) is 0 Å². The Kier molecular flexibility index (Phi) is 4.37. The van der Waals surface area contributed by atoms with E-state index in [1.807, 2.05) is 0 Å². The summed E-state index contributed by atoms with van der Waals surface area (Å²) in [5.74, 6) is 0.454. The predicted molar refractivity (Wildman–Crippen MR) is 59.4 cm³/mol. The maximum Gasteiger partial charge on any atom is 0.132 e. The number of ketones is 1. The van der Waals surface area contributed by atoms with Gasteiger partial charge < -0.3 is 0 Å². The fourth-order valence-corrected chi connectivity index (χ4v) is 1.41. The lowest BCUT2D eigenvalue weighted by Crippen LogP contribution is -1.81. The molecule has 1 heteroatoms. The van der Waals surface area contributed by atoms with Crippen LogP contribution in [0.2, 0.25) is 0 Å². The van der Waals surface area contributed by atoms with Crippen LogP contribution in [0.15, 0.2) is 24.3 Å². The van der Waals surface area contributed by atoms with Crippen LogP contribution >= 0.6 is 0 Å². The number of hydrogen-bond donors (Lipinski definition) is 0. The van der Waals surface area contributed by atoms with E-state index in [0.29, 0.717) is 5.78 Å². The van der Waals surface area contributed by atoms with E-state index < -0.39 is 0 Å². The number of rotatable bonds is 0. The Balaban J connectivity index is 0.000000146. The lowest BCUT2D eigenvalue weighted by Gasteiger charge is -1.90. The Morgan fingerprint density at radius 2 is 1.21 bits per heavy atom. The first-order valence-electron chi connectivity index (χ1n) is 5.23. The Morgan fingerprint density at radius 3 is 1.43 bits per heavy atom. The predicted octanol–water partition coefficient (Wildman–Crippen LogP) is 3.43. The summed E-state index contributed by atoms with van der Waals surface area (Å²) >= 11 is 0. The molecule has 1 aliphatic rings. The van der Waals surface area contributed by atoms with Gasteiger partial charge >= 0.3 is 0 Å². The SMILES string of the molecule is Cc1ccc(C)cc1.O=C1CCCC1. The van der Waals surface area contributed by atoms with E-state index in [9.17, 15) is 4.79 Å². The molecule has 0 unspecified atom stereocenters. The van der Waals surface area contributed by atoms with Crippen LogP contribution in [0.5, 0.6) is 0 Å². The van der Waals surface area contributed by atoms with Crippen LogP contribution < -0.4 is 0 Å². The van der Waals surface area contributed by atoms with Crippen molar-refractivity contribution in [2.45, 2.75) is 39.5 Å². The van der Waals surface area contributed by atoms with Crippen LogP contribution in [-0.4, -0.2) is 5.78 Å². The second-order valence-corrected chi connectivity index (χ2v) is 3.90. The first-order chi connectivity index (χ1) is 6.68. The van der Waals surface area contributed by atoms with Crippen LogP contribution in [0, 0.1) is 13.8 Å². The molecule has 0 atom stereocenters. The van der Waals surface area contributed by atoms with Gasteiger partial charge in [0, 0.05) is 12.8 Å². The van der Waals surface area contributed by atoms with E-state index in [4.69, 9.17) is 0 Å². The zero-order valence-electron chi connectivity index (χ0n) is 9.05. The van der Waals surface area contributed by atoms with Crippen molar-refractivity contribution in [2.24, 2.45) is 0 Å². The molecule has 14 heavy (non-hydrogen) atoms. The molecular weight excluding hydrogens is 172 g/mol. The molecule has 0 bridgehead atoms. The fourth-order valence-electron chi connectivity index (χ4n) is 1.41. The zero-order valence-corrected chi connectivity index (χ0v) is 9.05. The van der Waals surface area contributed by atoms with Crippen molar-refractivity contribution in [1.82, 2.24) is 0 Å². The highest BCUT2D eigenvalue weighted by Crippen LogP contribution is 2.11. The van der Waals surface area contributed by atoms with Crippen LogP contribution in [0.3, 0.4) is 0 Å².